The van der Waals surface area contributed by atoms with Gasteiger partial charge in [0.25, 0.3) is 0 Å². The number of hydrogen-bond donors (Lipinski definition) is 1. The van der Waals surface area contributed by atoms with Gasteiger partial charge >= 0.3 is 11.4 Å². The van der Waals surface area contributed by atoms with Crippen LogP contribution < -0.4 is 11.4 Å². The van der Waals surface area contributed by atoms with E-state index in [1.165, 1.54) is 12.8 Å². The molecule has 0 aliphatic heterocycles. The molecule has 1 heterocycles. The summed E-state index contributed by atoms with van der Waals surface area (Å²) in [5.41, 5.74) is 1.14. The summed E-state index contributed by atoms with van der Waals surface area (Å²) in [4.78, 5) is 24.8. The number of benzene rings is 1. The Hall–Kier alpha value is -1.84. The van der Waals surface area contributed by atoms with E-state index in [0.717, 1.165) is 5.56 Å². The van der Waals surface area contributed by atoms with Crippen LogP contribution in [0.2, 0.25) is 0 Å². The van der Waals surface area contributed by atoms with E-state index in [2.05, 4.69) is 9.40 Å². The zero-order valence-electron chi connectivity index (χ0n) is 7.95. The lowest BCUT2D eigenvalue weighted by Crippen LogP contribution is -2.14. The Balaban J connectivity index is 2.34. The molecule has 2 aromatic rings. The zero-order chi connectivity index (χ0) is 10.4. The third-order valence-electron chi connectivity index (χ3n) is 2.73. The highest BCUT2D eigenvalue weighted by molar-refractivity contribution is 5.77. The van der Waals surface area contributed by atoms with Crippen LogP contribution in [0, 0.1) is 0 Å². The highest BCUT2D eigenvalue weighted by atomic mass is 16.4. The van der Waals surface area contributed by atoms with Gasteiger partial charge in [-0.2, -0.15) is 0 Å². The molecule has 1 aromatic heterocycles. The summed E-state index contributed by atoms with van der Waals surface area (Å²) in [7, 11) is 0. The van der Waals surface area contributed by atoms with Gasteiger partial charge in [0.15, 0.2) is 0 Å². The number of rotatable bonds is 1. The SMILES string of the molecule is O=c1[nH]c2ccc(C3CC3)cc2c(=O)o1. The lowest BCUT2D eigenvalue weighted by molar-refractivity contribution is 0.460. The number of aromatic amines is 1. The minimum absolute atomic E-state index is 0.457. The molecule has 0 bridgehead atoms. The smallest absolute Gasteiger partial charge is 0.372 e. The lowest BCUT2D eigenvalue weighted by atomic mass is 10.1. The van der Waals surface area contributed by atoms with E-state index in [0.29, 0.717) is 16.8 Å². The Bertz CT molecular complexity index is 634. The summed E-state index contributed by atoms with van der Waals surface area (Å²) in [5.74, 6) is -0.118. The minimum atomic E-state index is -0.702. The Morgan fingerprint density at radius 1 is 1.27 bits per heavy atom. The van der Waals surface area contributed by atoms with Crippen molar-refractivity contribution in [3.8, 4) is 0 Å². The molecular formula is C11H9NO3. The fourth-order valence-electron chi connectivity index (χ4n) is 1.78. The van der Waals surface area contributed by atoms with Crippen LogP contribution in [0.15, 0.2) is 32.2 Å². The highest BCUT2D eigenvalue weighted by Crippen LogP contribution is 2.40. The fourth-order valence-corrected chi connectivity index (χ4v) is 1.78. The highest BCUT2D eigenvalue weighted by Gasteiger charge is 2.23. The molecule has 0 unspecified atom stereocenters. The molecule has 0 saturated heterocycles. The van der Waals surface area contributed by atoms with E-state index in [4.69, 9.17) is 0 Å². The van der Waals surface area contributed by atoms with Gasteiger partial charge in [-0.15, -0.1) is 0 Å². The molecule has 0 radical (unpaired) electrons. The van der Waals surface area contributed by atoms with Crippen LogP contribution in [0.5, 0.6) is 0 Å². The van der Waals surface area contributed by atoms with Crippen LogP contribution in [-0.4, -0.2) is 4.98 Å². The Kier molecular flexibility index (Phi) is 1.59. The molecule has 0 amide bonds. The second kappa shape index (κ2) is 2.82. The maximum Gasteiger partial charge on any atom is 0.419 e. The standard InChI is InChI=1S/C11H9NO3/c13-10-8-5-7(6-1-2-6)3-4-9(8)12-11(14)15-10/h3-6H,1-2H2,(H,12,14). The predicted octanol–water partition coefficient (Wildman–Crippen LogP) is 1.36. The van der Waals surface area contributed by atoms with Crippen LogP contribution >= 0.6 is 0 Å². The molecule has 76 valence electrons. The van der Waals surface area contributed by atoms with Crippen molar-refractivity contribution in [3.05, 3.63) is 44.7 Å². The fraction of sp³-hybridized carbons (Fsp3) is 0.273. The summed E-state index contributed by atoms with van der Waals surface area (Å²) in [6, 6.07) is 5.53. The predicted molar refractivity (Wildman–Crippen MR) is 55.1 cm³/mol. The molecule has 1 aromatic carbocycles. The monoisotopic (exact) mass is 203 g/mol. The topological polar surface area (TPSA) is 63.1 Å². The molecule has 1 aliphatic rings. The first-order chi connectivity index (χ1) is 7.24. The molecule has 1 saturated carbocycles. The van der Waals surface area contributed by atoms with Crippen molar-refractivity contribution in [1.82, 2.24) is 4.98 Å². The summed E-state index contributed by atoms with van der Waals surface area (Å²) in [5, 5.41) is 0.457. The van der Waals surface area contributed by atoms with Crippen LogP contribution in [0.4, 0.5) is 0 Å². The molecule has 3 rings (SSSR count). The average molecular weight is 203 g/mol. The maximum absolute atomic E-state index is 11.4. The number of aromatic nitrogens is 1. The number of fused-ring (bicyclic) bond motifs is 1. The van der Waals surface area contributed by atoms with Crippen molar-refractivity contribution >= 4 is 10.9 Å². The Morgan fingerprint density at radius 3 is 2.80 bits per heavy atom. The van der Waals surface area contributed by atoms with Crippen molar-refractivity contribution in [3.63, 3.8) is 0 Å². The van der Waals surface area contributed by atoms with Gasteiger partial charge < -0.3 is 4.42 Å². The third-order valence-corrected chi connectivity index (χ3v) is 2.73. The molecule has 1 N–H and O–H groups in total. The molecule has 4 heteroatoms. The van der Waals surface area contributed by atoms with Crippen LogP contribution in [0.25, 0.3) is 10.9 Å². The Morgan fingerprint density at radius 2 is 2.07 bits per heavy atom. The summed E-state index contributed by atoms with van der Waals surface area (Å²) in [6.07, 6.45) is 2.36. The average Bonchev–Trinajstić information content (AvgIpc) is 3.00. The van der Waals surface area contributed by atoms with Crippen molar-refractivity contribution < 1.29 is 4.42 Å². The number of H-pyrrole nitrogens is 1. The van der Waals surface area contributed by atoms with E-state index in [9.17, 15) is 9.59 Å². The first kappa shape index (κ1) is 8.47. The van der Waals surface area contributed by atoms with Crippen molar-refractivity contribution in [1.29, 1.82) is 0 Å². The number of nitrogens with one attached hydrogen (secondary N) is 1. The van der Waals surface area contributed by atoms with Gasteiger partial charge in [-0.25, -0.2) is 9.59 Å². The van der Waals surface area contributed by atoms with Crippen molar-refractivity contribution in [2.75, 3.05) is 0 Å². The van der Waals surface area contributed by atoms with Crippen molar-refractivity contribution in [2.45, 2.75) is 18.8 Å². The van der Waals surface area contributed by atoms with E-state index in [1.54, 1.807) is 6.07 Å². The first-order valence-corrected chi connectivity index (χ1v) is 4.91. The van der Waals surface area contributed by atoms with Gasteiger partial charge in [0, 0.05) is 0 Å². The Labute approximate surface area is 84.5 Å². The molecule has 0 atom stereocenters. The summed E-state index contributed by atoms with van der Waals surface area (Å²) < 4.78 is 4.48. The van der Waals surface area contributed by atoms with E-state index >= 15 is 0 Å². The largest absolute Gasteiger partial charge is 0.419 e. The van der Waals surface area contributed by atoms with Gasteiger partial charge in [-0.1, -0.05) is 6.07 Å². The normalized spacial score (nSPS) is 15.7. The number of hydrogen-bond acceptors (Lipinski definition) is 3. The third kappa shape index (κ3) is 1.38. The summed E-state index contributed by atoms with van der Waals surface area (Å²) >= 11 is 0. The van der Waals surface area contributed by atoms with Crippen molar-refractivity contribution in [2.24, 2.45) is 0 Å². The summed E-state index contributed by atoms with van der Waals surface area (Å²) in [6.45, 7) is 0. The molecule has 1 fully saturated rings. The van der Waals surface area contributed by atoms with E-state index in [-0.39, 0.29) is 0 Å². The van der Waals surface area contributed by atoms with Gasteiger partial charge in [0.05, 0.1) is 10.9 Å². The zero-order valence-corrected chi connectivity index (χ0v) is 7.95. The van der Waals surface area contributed by atoms with Gasteiger partial charge in [0.2, 0.25) is 0 Å². The molecular weight excluding hydrogens is 194 g/mol. The van der Waals surface area contributed by atoms with Crippen LogP contribution in [0.1, 0.15) is 24.3 Å². The quantitative estimate of drug-likeness (QED) is 0.761. The minimum Gasteiger partial charge on any atom is -0.372 e. The maximum atomic E-state index is 11.4. The van der Waals surface area contributed by atoms with E-state index < -0.39 is 11.4 Å². The first-order valence-electron chi connectivity index (χ1n) is 4.91. The second-order valence-electron chi connectivity index (χ2n) is 3.88. The molecule has 4 nitrogen and oxygen atoms in total. The molecule has 1 aliphatic carbocycles. The van der Waals surface area contributed by atoms with Gasteiger partial charge in [-0.05, 0) is 36.5 Å². The molecule has 0 spiro atoms. The lowest BCUT2D eigenvalue weighted by Gasteiger charge is -1.99. The second-order valence-corrected chi connectivity index (χ2v) is 3.88. The van der Waals surface area contributed by atoms with E-state index in [1.807, 2.05) is 12.1 Å². The van der Waals surface area contributed by atoms with Gasteiger partial charge in [-0.3, -0.25) is 4.98 Å². The molecule has 15 heavy (non-hydrogen) atoms. The van der Waals surface area contributed by atoms with Crippen LogP contribution in [-0.2, 0) is 0 Å². The van der Waals surface area contributed by atoms with Crippen LogP contribution in [0.3, 0.4) is 0 Å². The van der Waals surface area contributed by atoms with Gasteiger partial charge in [0.1, 0.15) is 0 Å².